The highest BCUT2D eigenvalue weighted by molar-refractivity contribution is 6.83. The van der Waals surface area contributed by atoms with Crippen LogP contribution in [-0.2, 0) is 0 Å². The summed E-state index contributed by atoms with van der Waals surface area (Å²) in [6, 6.07) is 0. The standard InChI is InChI=1S/C12H20OSi/c1-10(2)12(13)8-6-11(12)7-9-14(3,4)5/h11,13H,1,6,8H2,2-5H3. The maximum atomic E-state index is 10.2. The average Bonchev–Trinajstić information content (AvgIpc) is 1.98. The van der Waals surface area contributed by atoms with Crippen LogP contribution in [0.2, 0.25) is 19.6 Å². The predicted molar refractivity (Wildman–Crippen MR) is 63.6 cm³/mol. The van der Waals surface area contributed by atoms with E-state index in [0.29, 0.717) is 0 Å². The summed E-state index contributed by atoms with van der Waals surface area (Å²) in [4.78, 5) is 0. The van der Waals surface area contributed by atoms with Gasteiger partial charge in [-0.1, -0.05) is 26.2 Å². The smallest absolute Gasteiger partial charge is 0.129 e. The van der Waals surface area contributed by atoms with E-state index in [4.69, 9.17) is 0 Å². The van der Waals surface area contributed by atoms with E-state index in [1.807, 2.05) is 6.92 Å². The van der Waals surface area contributed by atoms with Crippen LogP contribution in [0, 0.1) is 17.4 Å². The van der Waals surface area contributed by atoms with Crippen LogP contribution in [0.1, 0.15) is 19.8 Å². The molecular formula is C12H20OSi. The molecule has 0 saturated heterocycles. The molecule has 0 aromatic heterocycles. The fraction of sp³-hybridized carbons (Fsp3) is 0.667. The lowest BCUT2D eigenvalue weighted by molar-refractivity contribution is -0.0342. The summed E-state index contributed by atoms with van der Waals surface area (Å²) in [5.41, 5.74) is 3.49. The first-order chi connectivity index (χ1) is 6.26. The van der Waals surface area contributed by atoms with Gasteiger partial charge in [0.2, 0.25) is 0 Å². The van der Waals surface area contributed by atoms with Crippen LogP contribution < -0.4 is 0 Å². The van der Waals surface area contributed by atoms with E-state index in [1.165, 1.54) is 0 Å². The van der Waals surface area contributed by atoms with Gasteiger partial charge in [0.1, 0.15) is 8.07 Å². The van der Waals surface area contributed by atoms with Crippen molar-refractivity contribution >= 4 is 8.07 Å². The monoisotopic (exact) mass is 208 g/mol. The van der Waals surface area contributed by atoms with E-state index in [-0.39, 0.29) is 5.92 Å². The van der Waals surface area contributed by atoms with Crippen LogP contribution in [0.4, 0.5) is 0 Å². The number of aliphatic hydroxyl groups is 1. The van der Waals surface area contributed by atoms with Gasteiger partial charge in [0.05, 0.1) is 11.5 Å². The van der Waals surface area contributed by atoms with E-state index in [2.05, 4.69) is 37.7 Å². The molecule has 1 rings (SSSR count). The fourth-order valence-corrected chi connectivity index (χ4v) is 2.18. The Kier molecular flexibility index (Phi) is 2.94. The van der Waals surface area contributed by atoms with Crippen molar-refractivity contribution in [1.29, 1.82) is 0 Å². The summed E-state index contributed by atoms with van der Waals surface area (Å²) in [5.74, 6) is 3.36. The molecule has 14 heavy (non-hydrogen) atoms. The summed E-state index contributed by atoms with van der Waals surface area (Å²) in [6.07, 6.45) is 1.84. The third-order valence-electron chi connectivity index (χ3n) is 2.75. The van der Waals surface area contributed by atoms with Gasteiger partial charge < -0.3 is 5.11 Å². The Hall–Kier alpha value is -0.523. The minimum atomic E-state index is -1.30. The van der Waals surface area contributed by atoms with Gasteiger partial charge in [-0.25, -0.2) is 0 Å². The molecule has 2 unspecified atom stereocenters. The zero-order chi connectivity index (χ0) is 11.0. The topological polar surface area (TPSA) is 20.2 Å². The molecule has 1 aliphatic rings. The molecular weight excluding hydrogens is 188 g/mol. The Morgan fingerprint density at radius 2 is 2.07 bits per heavy atom. The molecule has 0 spiro atoms. The molecule has 1 aliphatic carbocycles. The fourth-order valence-electron chi connectivity index (χ4n) is 1.57. The summed E-state index contributed by atoms with van der Waals surface area (Å²) in [5, 5.41) is 10.2. The lowest BCUT2D eigenvalue weighted by Crippen LogP contribution is -2.47. The molecule has 1 nitrogen and oxygen atoms in total. The second-order valence-electron chi connectivity index (χ2n) is 5.32. The molecule has 0 radical (unpaired) electrons. The first kappa shape index (κ1) is 11.6. The van der Waals surface area contributed by atoms with Crippen molar-refractivity contribution in [2.24, 2.45) is 5.92 Å². The second-order valence-corrected chi connectivity index (χ2v) is 10.1. The van der Waals surface area contributed by atoms with Gasteiger partial charge in [-0.05, 0) is 25.3 Å². The Labute approximate surface area is 88.2 Å². The maximum Gasteiger partial charge on any atom is 0.129 e. The van der Waals surface area contributed by atoms with Crippen LogP contribution in [0.5, 0.6) is 0 Å². The van der Waals surface area contributed by atoms with Crippen LogP contribution >= 0.6 is 0 Å². The first-order valence-corrected chi connectivity index (χ1v) is 8.67. The van der Waals surface area contributed by atoms with E-state index in [9.17, 15) is 5.11 Å². The van der Waals surface area contributed by atoms with Crippen molar-refractivity contribution in [3.63, 3.8) is 0 Å². The Balaban J connectivity index is 2.72. The molecule has 0 bridgehead atoms. The second kappa shape index (κ2) is 3.56. The van der Waals surface area contributed by atoms with E-state index < -0.39 is 13.7 Å². The number of rotatable bonds is 1. The van der Waals surface area contributed by atoms with Crippen molar-refractivity contribution in [2.75, 3.05) is 0 Å². The molecule has 1 N–H and O–H groups in total. The Morgan fingerprint density at radius 1 is 1.50 bits per heavy atom. The highest BCUT2D eigenvalue weighted by Gasteiger charge is 2.44. The highest BCUT2D eigenvalue weighted by Crippen LogP contribution is 2.42. The van der Waals surface area contributed by atoms with Crippen LogP contribution in [0.15, 0.2) is 12.2 Å². The van der Waals surface area contributed by atoms with Gasteiger partial charge in [-0.2, -0.15) is 0 Å². The largest absolute Gasteiger partial charge is 0.384 e. The lowest BCUT2D eigenvalue weighted by atomic mass is 9.66. The molecule has 0 aromatic carbocycles. The molecule has 2 atom stereocenters. The summed E-state index contributed by atoms with van der Waals surface area (Å²) >= 11 is 0. The van der Waals surface area contributed by atoms with Gasteiger partial charge in [-0.3, -0.25) is 0 Å². The third kappa shape index (κ3) is 2.29. The van der Waals surface area contributed by atoms with Gasteiger partial charge in [0.25, 0.3) is 0 Å². The van der Waals surface area contributed by atoms with Crippen LogP contribution in [0.3, 0.4) is 0 Å². The molecule has 1 fully saturated rings. The normalized spacial score (nSPS) is 31.4. The van der Waals surface area contributed by atoms with Crippen LogP contribution in [-0.4, -0.2) is 18.8 Å². The summed E-state index contributed by atoms with van der Waals surface area (Å²) < 4.78 is 0. The molecule has 1 saturated carbocycles. The van der Waals surface area contributed by atoms with Gasteiger partial charge in [-0.15, -0.1) is 11.5 Å². The van der Waals surface area contributed by atoms with Crippen molar-refractivity contribution in [1.82, 2.24) is 0 Å². The number of hydrogen-bond acceptors (Lipinski definition) is 1. The molecule has 0 aliphatic heterocycles. The highest BCUT2D eigenvalue weighted by atomic mass is 28.3. The Bertz CT molecular complexity index is 303. The van der Waals surface area contributed by atoms with E-state index in [0.717, 1.165) is 18.4 Å². The minimum Gasteiger partial charge on any atom is -0.384 e. The Morgan fingerprint density at radius 3 is 2.36 bits per heavy atom. The SMILES string of the molecule is C=C(C)C1(O)CCC1C#C[Si](C)(C)C. The quantitative estimate of drug-likeness (QED) is 0.399. The average molecular weight is 208 g/mol. The van der Waals surface area contributed by atoms with E-state index in [1.54, 1.807) is 0 Å². The van der Waals surface area contributed by atoms with Gasteiger partial charge in [0.15, 0.2) is 0 Å². The zero-order valence-electron chi connectivity index (χ0n) is 9.65. The van der Waals surface area contributed by atoms with Crippen molar-refractivity contribution in [3.8, 4) is 11.5 Å². The zero-order valence-corrected chi connectivity index (χ0v) is 10.6. The van der Waals surface area contributed by atoms with Gasteiger partial charge >= 0.3 is 0 Å². The molecule has 0 aromatic rings. The molecule has 0 amide bonds. The molecule has 0 heterocycles. The third-order valence-corrected chi connectivity index (χ3v) is 3.65. The summed E-state index contributed by atoms with van der Waals surface area (Å²) in [7, 11) is -1.30. The first-order valence-electron chi connectivity index (χ1n) is 5.17. The summed E-state index contributed by atoms with van der Waals surface area (Å²) in [6.45, 7) is 12.4. The van der Waals surface area contributed by atoms with Gasteiger partial charge in [0, 0.05) is 0 Å². The van der Waals surface area contributed by atoms with Crippen molar-refractivity contribution in [2.45, 2.75) is 45.0 Å². The van der Waals surface area contributed by atoms with Crippen molar-refractivity contribution < 1.29 is 5.11 Å². The van der Waals surface area contributed by atoms with Crippen molar-refractivity contribution in [3.05, 3.63) is 12.2 Å². The number of hydrogen-bond donors (Lipinski definition) is 1. The molecule has 78 valence electrons. The lowest BCUT2D eigenvalue weighted by Gasteiger charge is -2.43. The minimum absolute atomic E-state index is 0.131. The molecule has 2 heteroatoms. The van der Waals surface area contributed by atoms with Crippen LogP contribution in [0.25, 0.3) is 0 Å². The maximum absolute atomic E-state index is 10.2. The van der Waals surface area contributed by atoms with E-state index >= 15 is 0 Å². The predicted octanol–water partition coefficient (Wildman–Crippen LogP) is 2.58.